The largest absolute Gasteiger partial charge is 0.366 e. The third-order valence-electron chi connectivity index (χ3n) is 3.10. The van der Waals surface area contributed by atoms with Crippen molar-refractivity contribution >= 4 is 5.91 Å². The molecule has 1 amide bonds. The molecule has 1 aromatic heterocycles. The first-order chi connectivity index (χ1) is 9.22. The fourth-order valence-electron chi connectivity index (χ4n) is 2.73. The molecule has 1 fully saturated rings. The van der Waals surface area contributed by atoms with Gasteiger partial charge in [0.1, 0.15) is 0 Å². The van der Waals surface area contributed by atoms with Crippen molar-refractivity contribution in [2.24, 2.45) is 5.73 Å². The molecule has 1 aliphatic rings. The maximum atomic E-state index is 12.5. The van der Waals surface area contributed by atoms with Crippen LogP contribution in [0.25, 0.3) is 0 Å². The standard InChI is InChI=1S/C13H23N5O2/c1-12(2)8-17(9-13(3,4)20-12)11(19)10-7-18(6-5-14)16-15-10/h7H,5-6,8-9,14H2,1-4H3. The summed E-state index contributed by atoms with van der Waals surface area (Å²) in [6.45, 7) is 10.0. The van der Waals surface area contributed by atoms with Crippen LogP contribution in [0.1, 0.15) is 38.2 Å². The molecule has 1 saturated heterocycles. The molecule has 1 aromatic rings. The molecular formula is C13H23N5O2. The summed E-state index contributed by atoms with van der Waals surface area (Å²) in [6, 6.07) is 0. The third-order valence-corrected chi connectivity index (χ3v) is 3.10. The Labute approximate surface area is 119 Å². The van der Waals surface area contributed by atoms with Crippen LogP contribution in [0.5, 0.6) is 0 Å². The predicted molar refractivity (Wildman–Crippen MR) is 74.2 cm³/mol. The molecule has 2 heterocycles. The monoisotopic (exact) mass is 281 g/mol. The van der Waals surface area contributed by atoms with Crippen molar-refractivity contribution < 1.29 is 9.53 Å². The zero-order valence-corrected chi connectivity index (χ0v) is 12.6. The predicted octanol–water partition coefficient (Wildman–Crippen LogP) is 0.266. The lowest BCUT2D eigenvalue weighted by molar-refractivity contribution is -0.171. The number of hydrogen-bond donors (Lipinski definition) is 1. The summed E-state index contributed by atoms with van der Waals surface area (Å²) >= 11 is 0. The molecule has 112 valence electrons. The van der Waals surface area contributed by atoms with Gasteiger partial charge < -0.3 is 15.4 Å². The topological polar surface area (TPSA) is 86.3 Å². The number of carbonyl (C=O) groups excluding carboxylic acids is 1. The Morgan fingerprint density at radius 1 is 1.35 bits per heavy atom. The second kappa shape index (κ2) is 5.14. The van der Waals surface area contributed by atoms with Crippen LogP contribution in [-0.4, -0.2) is 56.6 Å². The van der Waals surface area contributed by atoms with Gasteiger partial charge in [-0.15, -0.1) is 5.10 Å². The second-order valence-electron chi connectivity index (χ2n) is 6.44. The first-order valence-electron chi connectivity index (χ1n) is 6.82. The number of amides is 1. The van der Waals surface area contributed by atoms with Gasteiger partial charge in [-0.1, -0.05) is 5.21 Å². The van der Waals surface area contributed by atoms with Crippen molar-refractivity contribution in [2.45, 2.75) is 45.4 Å². The first kappa shape index (κ1) is 14.9. The molecule has 0 aliphatic carbocycles. The first-order valence-corrected chi connectivity index (χ1v) is 6.82. The number of carbonyl (C=O) groups is 1. The van der Waals surface area contributed by atoms with Gasteiger partial charge >= 0.3 is 0 Å². The molecule has 0 aromatic carbocycles. The van der Waals surface area contributed by atoms with E-state index in [4.69, 9.17) is 10.5 Å². The zero-order chi connectivity index (χ0) is 15.0. The Morgan fingerprint density at radius 2 is 1.95 bits per heavy atom. The summed E-state index contributed by atoms with van der Waals surface area (Å²) in [4.78, 5) is 14.3. The van der Waals surface area contributed by atoms with Crippen molar-refractivity contribution in [1.29, 1.82) is 0 Å². The van der Waals surface area contributed by atoms with E-state index in [1.165, 1.54) is 0 Å². The number of ether oxygens (including phenoxy) is 1. The highest BCUT2D eigenvalue weighted by Gasteiger charge is 2.40. The Balaban J connectivity index is 2.15. The number of aromatic nitrogens is 3. The van der Waals surface area contributed by atoms with Gasteiger partial charge in [0.25, 0.3) is 5.91 Å². The van der Waals surface area contributed by atoms with Gasteiger partial charge in [0.15, 0.2) is 5.69 Å². The van der Waals surface area contributed by atoms with E-state index in [-0.39, 0.29) is 17.1 Å². The lowest BCUT2D eigenvalue weighted by atomic mass is 9.98. The molecule has 0 radical (unpaired) electrons. The van der Waals surface area contributed by atoms with Crippen LogP contribution in [0, 0.1) is 0 Å². The van der Waals surface area contributed by atoms with Crippen molar-refractivity contribution in [1.82, 2.24) is 19.9 Å². The summed E-state index contributed by atoms with van der Waals surface area (Å²) < 4.78 is 7.56. The van der Waals surface area contributed by atoms with E-state index in [2.05, 4.69) is 10.3 Å². The van der Waals surface area contributed by atoms with Crippen LogP contribution in [-0.2, 0) is 11.3 Å². The lowest BCUT2D eigenvalue weighted by Crippen LogP contribution is -2.58. The summed E-state index contributed by atoms with van der Waals surface area (Å²) in [5, 5.41) is 7.83. The SMILES string of the molecule is CC1(C)CN(C(=O)c2cn(CCN)nn2)CC(C)(C)O1. The minimum atomic E-state index is -0.370. The summed E-state index contributed by atoms with van der Waals surface area (Å²) in [6.07, 6.45) is 1.64. The fraction of sp³-hybridized carbons (Fsp3) is 0.769. The van der Waals surface area contributed by atoms with E-state index >= 15 is 0 Å². The van der Waals surface area contributed by atoms with Gasteiger partial charge in [-0.2, -0.15) is 0 Å². The van der Waals surface area contributed by atoms with Crippen LogP contribution in [0.15, 0.2) is 6.20 Å². The molecule has 0 saturated carbocycles. The molecule has 1 aliphatic heterocycles. The normalized spacial score (nSPS) is 20.9. The highest BCUT2D eigenvalue weighted by Crippen LogP contribution is 2.28. The summed E-state index contributed by atoms with van der Waals surface area (Å²) in [5.74, 6) is -0.113. The number of rotatable bonds is 3. The van der Waals surface area contributed by atoms with Crippen LogP contribution < -0.4 is 5.73 Å². The van der Waals surface area contributed by atoms with E-state index in [9.17, 15) is 4.79 Å². The minimum Gasteiger partial charge on any atom is -0.366 e. The number of morpholine rings is 1. The molecule has 0 bridgehead atoms. The smallest absolute Gasteiger partial charge is 0.276 e. The van der Waals surface area contributed by atoms with E-state index in [0.29, 0.717) is 31.9 Å². The quantitative estimate of drug-likeness (QED) is 0.859. The van der Waals surface area contributed by atoms with Gasteiger partial charge in [0.2, 0.25) is 0 Å². The second-order valence-corrected chi connectivity index (χ2v) is 6.44. The van der Waals surface area contributed by atoms with Gasteiger partial charge in [0, 0.05) is 19.6 Å². The molecule has 2 rings (SSSR count). The van der Waals surface area contributed by atoms with E-state index < -0.39 is 0 Å². The lowest BCUT2D eigenvalue weighted by Gasteiger charge is -2.46. The number of nitrogens with zero attached hydrogens (tertiary/aromatic N) is 4. The van der Waals surface area contributed by atoms with Crippen molar-refractivity contribution in [2.75, 3.05) is 19.6 Å². The van der Waals surface area contributed by atoms with Gasteiger partial charge in [-0.25, -0.2) is 0 Å². The van der Waals surface area contributed by atoms with Crippen LogP contribution >= 0.6 is 0 Å². The maximum absolute atomic E-state index is 12.5. The van der Waals surface area contributed by atoms with Crippen LogP contribution in [0.2, 0.25) is 0 Å². The van der Waals surface area contributed by atoms with Gasteiger partial charge in [-0.3, -0.25) is 9.48 Å². The molecule has 7 nitrogen and oxygen atoms in total. The Kier molecular flexibility index (Phi) is 3.84. The average molecular weight is 281 g/mol. The van der Waals surface area contributed by atoms with Gasteiger partial charge in [0.05, 0.1) is 23.9 Å². The van der Waals surface area contributed by atoms with Gasteiger partial charge in [-0.05, 0) is 27.7 Å². The minimum absolute atomic E-state index is 0.113. The molecule has 2 N–H and O–H groups in total. The molecule has 20 heavy (non-hydrogen) atoms. The molecule has 0 spiro atoms. The van der Waals surface area contributed by atoms with Crippen molar-refractivity contribution in [3.8, 4) is 0 Å². The van der Waals surface area contributed by atoms with Crippen molar-refractivity contribution in [3.63, 3.8) is 0 Å². The maximum Gasteiger partial charge on any atom is 0.276 e. The summed E-state index contributed by atoms with van der Waals surface area (Å²) in [5.41, 5.74) is 5.07. The highest BCUT2D eigenvalue weighted by atomic mass is 16.5. The molecule has 0 atom stereocenters. The van der Waals surface area contributed by atoms with Crippen LogP contribution in [0.3, 0.4) is 0 Å². The zero-order valence-electron chi connectivity index (χ0n) is 12.6. The summed E-state index contributed by atoms with van der Waals surface area (Å²) in [7, 11) is 0. The van der Waals surface area contributed by atoms with E-state index in [1.807, 2.05) is 27.7 Å². The average Bonchev–Trinajstić information content (AvgIpc) is 2.73. The fourth-order valence-corrected chi connectivity index (χ4v) is 2.73. The van der Waals surface area contributed by atoms with E-state index in [0.717, 1.165) is 0 Å². The highest BCUT2D eigenvalue weighted by molar-refractivity contribution is 5.92. The Hall–Kier alpha value is -1.47. The third kappa shape index (κ3) is 3.34. The van der Waals surface area contributed by atoms with Crippen LogP contribution in [0.4, 0.5) is 0 Å². The van der Waals surface area contributed by atoms with E-state index in [1.54, 1.807) is 15.8 Å². The number of hydrogen-bond acceptors (Lipinski definition) is 5. The Bertz CT molecular complexity index is 479. The Morgan fingerprint density at radius 3 is 2.50 bits per heavy atom. The molecule has 7 heteroatoms. The molecule has 0 unspecified atom stereocenters. The number of nitrogens with two attached hydrogens (primary N) is 1. The van der Waals surface area contributed by atoms with Crippen molar-refractivity contribution in [3.05, 3.63) is 11.9 Å². The molecular weight excluding hydrogens is 258 g/mol.